The Balaban J connectivity index is 1.25. The standard InChI is InChI=1S/C54H36N2OSi/c1-4-20-38(21-5-1)58(39-22-6-2-7-23-39,40-24-8-3-9-25-40)41-26-18-19-37(35-41)55-47-31-14-12-29-44(47)46-36-50(54-52(53(46)55)45-30-13-17-34-51(45)57-54)56-48-32-15-10-27-42(48)43-28-11-16-33-49(43)56/h1-36H/i10D,11D,15D,16D,27D,28D,32D,33D. The summed E-state index contributed by atoms with van der Waals surface area (Å²) in [6, 6.07) is 55.6. The number of aromatic nitrogens is 2. The van der Waals surface area contributed by atoms with E-state index in [9.17, 15) is 2.74 Å². The van der Waals surface area contributed by atoms with Crippen molar-refractivity contribution < 1.29 is 15.4 Å². The van der Waals surface area contributed by atoms with E-state index in [1.807, 2.05) is 42.5 Å². The lowest BCUT2D eigenvalue weighted by molar-refractivity contribution is 0.666. The monoisotopic (exact) mass is 764 g/mol. The van der Waals surface area contributed by atoms with Gasteiger partial charge in [-0.25, -0.2) is 0 Å². The first-order chi connectivity index (χ1) is 32.1. The zero-order chi connectivity index (χ0) is 45.2. The summed E-state index contributed by atoms with van der Waals surface area (Å²) in [6.45, 7) is 0. The van der Waals surface area contributed by atoms with Gasteiger partial charge in [-0.3, -0.25) is 0 Å². The second-order valence-corrected chi connectivity index (χ2v) is 18.4. The Morgan fingerprint density at radius 1 is 0.414 bits per heavy atom. The molecule has 0 bridgehead atoms. The van der Waals surface area contributed by atoms with Gasteiger partial charge < -0.3 is 13.6 Å². The Hall–Kier alpha value is -7.40. The van der Waals surface area contributed by atoms with Gasteiger partial charge in [0.1, 0.15) is 5.58 Å². The molecule has 0 aliphatic heterocycles. The molecule has 4 heteroatoms. The van der Waals surface area contributed by atoms with Crippen LogP contribution in [-0.4, -0.2) is 17.2 Å². The fraction of sp³-hybridized carbons (Fsp3) is 0. The molecular weight excluding hydrogens is 721 g/mol. The molecule has 0 radical (unpaired) electrons. The van der Waals surface area contributed by atoms with E-state index in [1.54, 1.807) is 4.57 Å². The van der Waals surface area contributed by atoms with Gasteiger partial charge in [-0.05, 0) is 63.2 Å². The molecule has 0 atom stereocenters. The first-order valence-corrected chi connectivity index (χ1v) is 21.3. The number of nitrogens with zero attached hydrogens (tertiary/aromatic N) is 2. The molecule has 3 aromatic heterocycles. The zero-order valence-corrected chi connectivity index (χ0v) is 32.0. The van der Waals surface area contributed by atoms with Crippen LogP contribution in [0.25, 0.3) is 76.9 Å². The third-order valence-corrected chi connectivity index (χ3v) is 16.5. The molecule has 0 saturated carbocycles. The number of benzene rings is 9. The molecular formula is C54H36N2OSi. The smallest absolute Gasteiger partial charge is 0.179 e. The van der Waals surface area contributed by atoms with Crippen molar-refractivity contribution in [1.29, 1.82) is 0 Å². The van der Waals surface area contributed by atoms with E-state index in [0.717, 1.165) is 38.3 Å². The Kier molecular flexibility index (Phi) is 5.68. The number of rotatable bonds is 6. The highest BCUT2D eigenvalue weighted by Gasteiger charge is 2.41. The Labute approximate surface area is 347 Å². The predicted molar refractivity (Wildman–Crippen MR) is 246 cm³/mol. The molecule has 12 aromatic rings. The minimum atomic E-state index is -2.96. The topological polar surface area (TPSA) is 23.0 Å². The van der Waals surface area contributed by atoms with E-state index >= 15 is 0 Å². The van der Waals surface area contributed by atoms with E-state index in [-0.39, 0.29) is 46.0 Å². The normalized spacial score (nSPS) is 14.1. The SMILES string of the molecule is [2H]c1c([2H])c([2H])c2c(c1[2H])c1c([2H])c([2H])c([2H])c([2H])c1n2-c1cc2c3ccccc3n(-c3cccc([Si](c4ccccc4)(c4ccccc4)c4ccccc4)c3)c2c2c1oc1ccccc12. The Morgan fingerprint density at radius 2 is 0.948 bits per heavy atom. The quantitative estimate of drug-likeness (QED) is 0.122. The van der Waals surface area contributed by atoms with Crippen molar-refractivity contribution in [3.05, 3.63) is 218 Å². The maximum atomic E-state index is 9.32. The summed E-state index contributed by atoms with van der Waals surface area (Å²) in [7, 11) is -2.96. The summed E-state index contributed by atoms with van der Waals surface area (Å²) in [5.41, 5.74) is 4.12. The van der Waals surface area contributed by atoms with Gasteiger partial charge in [-0.2, -0.15) is 0 Å². The van der Waals surface area contributed by atoms with Crippen LogP contribution in [0, 0.1) is 0 Å². The fourth-order valence-corrected chi connectivity index (χ4v) is 14.1. The molecule has 272 valence electrons. The van der Waals surface area contributed by atoms with Crippen LogP contribution in [0.3, 0.4) is 0 Å². The fourth-order valence-electron chi connectivity index (χ4n) is 9.36. The van der Waals surface area contributed by atoms with Crippen LogP contribution in [0.1, 0.15) is 11.0 Å². The van der Waals surface area contributed by atoms with Crippen LogP contribution in [-0.2, 0) is 0 Å². The lowest BCUT2D eigenvalue weighted by Gasteiger charge is -2.34. The maximum absolute atomic E-state index is 9.32. The summed E-state index contributed by atoms with van der Waals surface area (Å²) >= 11 is 0. The summed E-state index contributed by atoms with van der Waals surface area (Å²) in [5, 5.41) is 8.23. The van der Waals surface area contributed by atoms with Gasteiger partial charge in [0.2, 0.25) is 0 Å². The summed E-state index contributed by atoms with van der Waals surface area (Å²) in [6.07, 6.45) is 0. The highest BCUT2D eigenvalue weighted by atomic mass is 28.3. The number of hydrogen-bond acceptors (Lipinski definition) is 1. The highest BCUT2D eigenvalue weighted by Crippen LogP contribution is 2.45. The summed E-state index contributed by atoms with van der Waals surface area (Å²) < 4.78 is 82.5. The average molecular weight is 765 g/mol. The highest BCUT2D eigenvalue weighted by molar-refractivity contribution is 7.19. The molecule has 0 unspecified atom stereocenters. The molecule has 0 aliphatic carbocycles. The second-order valence-electron chi connectivity index (χ2n) is 14.6. The van der Waals surface area contributed by atoms with Crippen LogP contribution >= 0.6 is 0 Å². The molecule has 12 rings (SSSR count). The summed E-state index contributed by atoms with van der Waals surface area (Å²) in [5.74, 6) is 0. The molecule has 3 nitrogen and oxygen atoms in total. The first-order valence-electron chi connectivity index (χ1n) is 23.3. The van der Waals surface area contributed by atoms with E-state index in [4.69, 9.17) is 12.6 Å². The lowest BCUT2D eigenvalue weighted by Crippen LogP contribution is -2.74. The van der Waals surface area contributed by atoms with E-state index in [2.05, 4.69) is 132 Å². The van der Waals surface area contributed by atoms with Gasteiger partial charge in [-0.1, -0.05) is 176 Å². The van der Waals surface area contributed by atoms with E-state index in [1.165, 1.54) is 20.7 Å². The third kappa shape index (κ3) is 4.61. The molecule has 0 aliphatic rings. The van der Waals surface area contributed by atoms with Gasteiger partial charge in [0.25, 0.3) is 0 Å². The molecule has 0 N–H and O–H groups in total. The van der Waals surface area contributed by atoms with Crippen molar-refractivity contribution >= 4 is 94.4 Å². The van der Waals surface area contributed by atoms with E-state index in [0.29, 0.717) is 16.9 Å². The van der Waals surface area contributed by atoms with Gasteiger partial charge in [0.05, 0.1) is 44.1 Å². The van der Waals surface area contributed by atoms with Crippen molar-refractivity contribution in [2.24, 2.45) is 0 Å². The molecule has 0 fully saturated rings. The van der Waals surface area contributed by atoms with Crippen molar-refractivity contribution in [3.8, 4) is 11.4 Å². The van der Waals surface area contributed by atoms with E-state index < -0.39 is 32.2 Å². The lowest BCUT2D eigenvalue weighted by atomic mass is 10.1. The van der Waals surface area contributed by atoms with Gasteiger partial charge in [0.15, 0.2) is 13.7 Å². The molecule has 9 aromatic carbocycles. The number of furan rings is 1. The van der Waals surface area contributed by atoms with Crippen LogP contribution in [0.4, 0.5) is 0 Å². The van der Waals surface area contributed by atoms with Crippen molar-refractivity contribution in [1.82, 2.24) is 9.13 Å². The van der Waals surface area contributed by atoms with Crippen LogP contribution < -0.4 is 20.7 Å². The van der Waals surface area contributed by atoms with Gasteiger partial charge in [0, 0.05) is 32.6 Å². The number of fused-ring (bicyclic) bond motifs is 10. The minimum absolute atomic E-state index is 0.00880. The van der Waals surface area contributed by atoms with Crippen molar-refractivity contribution in [2.75, 3.05) is 0 Å². The second kappa shape index (κ2) is 12.8. The third-order valence-electron chi connectivity index (χ3n) is 11.7. The van der Waals surface area contributed by atoms with Crippen molar-refractivity contribution in [2.45, 2.75) is 0 Å². The first kappa shape index (κ1) is 25.7. The van der Waals surface area contributed by atoms with Crippen LogP contribution in [0.2, 0.25) is 0 Å². The Morgan fingerprint density at radius 3 is 1.59 bits per heavy atom. The predicted octanol–water partition coefficient (Wildman–Crippen LogP) is 11.2. The molecule has 0 amide bonds. The van der Waals surface area contributed by atoms with Gasteiger partial charge in [-0.15, -0.1) is 0 Å². The number of para-hydroxylation sites is 4. The average Bonchev–Trinajstić information content (AvgIpc) is 4.04. The van der Waals surface area contributed by atoms with Crippen molar-refractivity contribution in [3.63, 3.8) is 0 Å². The molecule has 58 heavy (non-hydrogen) atoms. The molecule has 0 saturated heterocycles. The summed E-state index contributed by atoms with van der Waals surface area (Å²) in [4.78, 5) is 0. The van der Waals surface area contributed by atoms with Crippen LogP contribution in [0.15, 0.2) is 223 Å². The van der Waals surface area contributed by atoms with Crippen LogP contribution in [0.5, 0.6) is 0 Å². The molecule has 0 spiro atoms. The minimum Gasteiger partial charge on any atom is -0.454 e. The zero-order valence-electron chi connectivity index (χ0n) is 39.0. The number of hydrogen-bond donors (Lipinski definition) is 0. The van der Waals surface area contributed by atoms with Gasteiger partial charge >= 0.3 is 0 Å². The Bertz CT molecular complexity index is 3800. The maximum Gasteiger partial charge on any atom is 0.179 e. The largest absolute Gasteiger partial charge is 0.454 e. The molecule has 3 heterocycles.